The van der Waals surface area contributed by atoms with E-state index < -0.39 is 0 Å². The number of nitrogens with one attached hydrogen (secondary N) is 1. The fourth-order valence-corrected chi connectivity index (χ4v) is 2.31. The first-order valence-corrected chi connectivity index (χ1v) is 5.56. The van der Waals surface area contributed by atoms with Gasteiger partial charge in [-0.15, -0.1) is 0 Å². The van der Waals surface area contributed by atoms with E-state index in [1.54, 1.807) is 0 Å². The molecule has 2 heteroatoms. The van der Waals surface area contributed by atoms with Crippen molar-refractivity contribution in [3.63, 3.8) is 0 Å². The quantitative estimate of drug-likeness (QED) is 0.706. The molecule has 0 spiro atoms. The molecular formula is C11H21NO. The van der Waals surface area contributed by atoms with Gasteiger partial charge in [-0.3, -0.25) is 0 Å². The summed E-state index contributed by atoms with van der Waals surface area (Å²) in [4.78, 5) is 0. The van der Waals surface area contributed by atoms with Gasteiger partial charge in [0, 0.05) is 13.1 Å². The third-order valence-corrected chi connectivity index (χ3v) is 3.41. The zero-order valence-corrected chi connectivity index (χ0v) is 8.81. The van der Waals surface area contributed by atoms with Crippen molar-refractivity contribution in [2.45, 2.75) is 51.2 Å². The van der Waals surface area contributed by atoms with Crippen LogP contribution in [0.3, 0.4) is 0 Å². The minimum atomic E-state index is 0.158. The topological polar surface area (TPSA) is 21.3 Å². The van der Waals surface area contributed by atoms with Crippen LogP contribution in [-0.2, 0) is 4.74 Å². The van der Waals surface area contributed by atoms with Gasteiger partial charge in [0.15, 0.2) is 0 Å². The largest absolute Gasteiger partial charge is 0.369 e. The fourth-order valence-electron chi connectivity index (χ4n) is 2.31. The van der Waals surface area contributed by atoms with E-state index in [-0.39, 0.29) is 5.60 Å². The molecule has 76 valence electrons. The Hall–Kier alpha value is -0.0800. The summed E-state index contributed by atoms with van der Waals surface area (Å²) in [7, 11) is 0. The predicted molar refractivity (Wildman–Crippen MR) is 53.8 cm³/mol. The van der Waals surface area contributed by atoms with Crippen molar-refractivity contribution < 1.29 is 4.74 Å². The molecule has 0 atom stereocenters. The molecule has 0 unspecified atom stereocenters. The summed E-state index contributed by atoms with van der Waals surface area (Å²) in [5, 5.41) is 3.28. The van der Waals surface area contributed by atoms with Crippen molar-refractivity contribution in [3.8, 4) is 0 Å². The van der Waals surface area contributed by atoms with Gasteiger partial charge in [-0.2, -0.15) is 0 Å². The van der Waals surface area contributed by atoms with E-state index in [9.17, 15) is 0 Å². The van der Waals surface area contributed by atoms with Crippen LogP contribution in [0.15, 0.2) is 0 Å². The standard InChI is InChI=1S/C11H21NO/c1-9-3-5-10(6-4-9)13-11(2)7-12-8-11/h9-10,12H,3-8H2,1-2H3. The van der Waals surface area contributed by atoms with E-state index in [2.05, 4.69) is 19.2 Å². The average molecular weight is 183 g/mol. The molecule has 1 N–H and O–H groups in total. The first kappa shape index (κ1) is 9.47. The smallest absolute Gasteiger partial charge is 0.0905 e. The second-order valence-corrected chi connectivity index (χ2v) is 5.05. The maximum absolute atomic E-state index is 6.10. The molecule has 2 nitrogen and oxygen atoms in total. The van der Waals surface area contributed by atoms with E-state index in [0.29, 0.717) is 6.10 Å². The minimum Gasteiger partial charge on any atom is -0.369 e. The Balaban J connectivity index is 1.76. The van der Waals surface area contributed by atoms with Gasteiger partial charge in [-0.05, 0) is 38.5 Å². The van der Waals surface area contributed by atoms with Crippen molar-refractivity contribution in [2.24, 2.45) is 5.92 Å². The van der Waals surface area contributed by atoms with Crippen LogP contribution >= 0.6 is 0 Å². The van der Waals surface area contributed by atoms with Gasteiger partial charge in [-0.1, -0.05) is 6.92 Å². The van der Waals surface area contributed by atoms with Crippen molar-refractivity contribution in [1.29, 1.82) is 0 Å². The van der Waals surface area contributed by atoms with Crippen LogP contribution in [0.1, 0.15) is 39.5 Å². The van der Waals surface area contributed by atoms with E-state index in [1.807, 2.05) is 0 Å². The second kappa shape index (κ2) is 3.58. The maximum atomic E-state index is 6.10. The zero-order valence-electron chi connectivity index (χ0n) is 8.81. The summed E-state index contributed by atoms with van der Waals surface area (Å²) >= 11 is 0. The summed E-state index contributed by atoms with van der Waals surface area (Å²) in [5.41, 5.74) is 0.158. The Morgan fingerprint density at radius 2 is 1.77 bits per heavy atom. The van der Waals surface area contributed by atoms with E-state index in [4.69, 9.17) is 4.74 Å². The minimum absolute atomic E-state index is 0.158. The highest BCUT2D eigenvalue weighted by atomic mass is 16.5. The Morgan fingerprint density at radius 1 is 1.15 bits per heavy atom. The second-order valence-electron chi connectivity index (χ2n) is 5.05. The van der Waals surface area contributed by atoms with Gasteiger partial charge in [0.25, 0.3) is 0 Å². The Bertz CT molecular complexity index is 169. The van der Waals surface area contributed by atoms with Gasteiger partial charge < -0.3 is 10.1 Å². The van der Waals surface area contributed by atoms with Crippen LogP contribution in [0.4, 0.5) is 0 Å². The number of rotatable bonds is 2. The van der Waals surface area contributed by atoms with Crippen LogP contribution in [0.5, 0.6) is 0 Å². The van der Waals surface area contributed by atoms with Crippen molar-refractivity contribution in [1.82, 2.24) is 5.32 Å². The molecule has 0 aromatic rings. The molecule has 0 aromatic carbocycles. The number of ether oxygens (including phenoxy) is 1. The van der Waals surface area contributed by atoms with Crippen LogP contribution in [0.25, 0.3) is 0 Å². The lowest BCUT2D eigenvalue weighted by atomic mass is 9.88. The SMILES string of the molecule is CC1CCC(OC2(C)CNC2)CC1. The highest BCUT2D eigenvalue weighted by Crippen LogP contribution is 2.29. The molecule has 2 fully saturated rings. The van der Waals surface area contributed by atoms with E-state index >= 15 is 0 Å². The lowest BCUT2D eigenvalue weighted by Crippen LogP contribution is -2.60. The molecule has 0 bridgehead atoms. The van der Waals surface area contributed by atoms with Crippen LogP contribution < -0.4 is 5.32 Å². The summed E-state index contributed by atoms with van der Waals surface area (Å²) < 4.78 is 6.10. The third kappa shape index (κ3) is 2.23. The van der Waals surface area contributed by atoms with Crippen LogP contribution in [0.2, 0.25) is 0 Å². The highest BCUT2D eigenvalue weighted by Gasteiger charge is 2.35. The van der Waals surface area contributed by atoms with Crippen molar-refractivity contribution in [2.75, 3.05) is 13.1 Å². The summed E-state index contributed by atoms with van der Waals surface area (Å²) in [6, 6.07) is 0. The Kier molecular flexibility index (Phi) is 2.61. The molecule has 2 aliphatic rings. The Morgan fingerprint density at radius 3 is 2.23 bits per heavy atom. The Labute approximate surface area is 81.0 Å². The van der Waals surface area contributed by atoms with E-state index in [0.717, 1.165) is 19.0 Å². The molecule has 1 saturated heterocycles. The lowest BCUT2D eigenvalue weighted by molar-refractivity contribution is -0.123. The van der Waals surface area contributed by atoms with Crippen molar-refractivity contribution >= 4 is 0 Å². The average Bonchev–Trinajstić information content (AvgIpc) is 2.06. The molecule has 2 rings (SSSR count). The molecule has 0 amide bonds. The predicted octanol–water partition coefficient (Wildman–Crippen LogP) is 1.94. The molecule has 1 aliphatic carbocycles. The summed E-state index contributed by atoms with van der Waals surface area (Å²) in [6.07, 6.45) is 5.80. The van der Waals surface area contributed by atoms with Gasteiger partial charge in [-0.25, -0.2) is 0 Å². The maximum Gasteiger partial charge on any atom is 0.0905 e. The summed E-state index contributed by atoms with van der Waals surface area (Å²) in [5.74, 6) is 0.923. The van der Waals surface area contributed by atoms with Gasteiger partial charge in [0.05, 0.1) is 11.7 Å². The normalized spacial score (nSPS) is 38.3. The van der Waals surface area contributed by atoms with Crippen molar-refractivity contribution in [3.05, 3.63) is 0 Å². The zero-order chi connectivity index (χ0) is 9.31. The lowest BCUT2D eigenvalue weighted by Gasteiger charge is -2.43. The molecule has 1 heterocycles. The molecular weight excluding hydrogens is 162 g/mol. The number of hydrogen-bond donors (Lipinski definition) is 1. The molecule has 0 aromatic heterocycles. The summed E-state index contributed by atoms with van der Waals surface area (Å²) in [6.45, 7) is 6.66. The molecule has 13 heavy (non-hydrogen) atoms. The molecule has 0 radical (unpaired) electrons. The first-order chi connectivity index (χ1) is 6.18. The van der Waals surface area contributed by atoms with Crippen LogP contribution in [0, 0.1) is 5.92 Å². The van der Waals surface area contributed by atoms with Gasteiger partial charge in [0.2, 0.25) is 0 Å². The monoisotopic (exact) mass is 183 g/mol. The van der Waals surface area contributed by atoms with Gasteiger partial charge >= 0.3 is 0 Å². The first-order valence-electron chi connectivity index (χ1n) is 5.56. The fraction of sp³-hybridized carbons (Fsp3) is 1.00. The highest BCUT2D eigenvalue weighted by molar-refractivity contribution is 4.91. The van der Waals surface area contributed by atoms with Crippen LogP contribution in [-0.4, -0.2) is 24.8 Å². The van der Waals surface area contributed by atoms with E-state index in [1.165, 1.54) is 25.7 Å². The molecule has 1 saturated carbocycles. The third-order valence-electron chi connectivity index (χ3n) is 3.41. The number of hydrogen-bond acceptors (Lipinski definition) is 2. The van der Waals surface area contributed by atoms with Gasteiger partial charge in [0.1, 0.15) is 0 Å². The molecule has 1 aliphatic heterocycles.